The van der Waals surface area contributed by atoms with Crippen molar-refractivity contribution in [3.8, 4) is 11.5 Å². The largest absolute Gasteiger partial charge is 0.573 e. The number of nitrogens with one attached hydrogen (secondary N) is 1. The highest BCUT2D eigenvalue weighted by atomic mass is 35.5. The molecule has 2 aliphatic rings. The van der Waals surface area contributed by atoms with Crippen LogP contribution >= 0.6 is 12.4 Å². The number of hydrogen-bond acceptors (Lipinski definition) is 4. The summed E-state index contributed by atoms with van der Waals surface area (Å²) in [6.45, 7) is 3.73. The zero-order chi connectivity index (χ0) is 18.6. The minimum absolute atomic E-state index is 0. The monoisotopic (exact) mass is 408 g/mol. The second-order valence-corrected chi connectivity index (χ2v) is 7.08. The van der Waals surface area contributed by atoms with Crippen LogP contribution in [0.5, 0.6) is 11.5 Å². The number of benzene rings is 1. The Morgan fingerprint density at radius 2 is 1.78 bits per heavy atom. The summed E-state index contributed by atoms with van der Waals surface area (Å²) >= 11 is 0. The molecule has 154 valence electrons. The molecule has 4 nitrogen and oxygen atoms in total. The maximum atomic E-state index is 12.5. The third-order valence-electron chi connectivity index (χ3n) is 5.40. The maximum Gasteiger partial charge on any atom is 0.573 e. The van der Waals surface area contributed by atoms with Crippen LogP contribution in [0.1, 0.15) is 43.7 Å². The molecule has 1 aliphatic heterocycles. The molecule has 8 heteroatoms. The van der Waals surface area contributed by atoms with Gasteiger partial charge in [0, 0.05) is 43.9 Å². The van der Waals surface area contributed by atoms with Gasteiger partial charge in [-0.1, -0.05) is 25.3 Å². The summed E-state index contributed by atoms with van der Waals surface area (Å²) in [5, 5.41) is 3.37. The van der Waals surface area contributed by atoms with Gasteiger partial charge in [0.2, 0.25) is 0 Å². The molecule has 1 N–H and O–H groups in total. The fourth-order valence-corrected chi connectivity index (χ4v) is 4.29. The number of methoxy groups -OCH3 is 1. The first-order valence-electron chi connectivity index (χ1n) is 9.36. The molecular weight excluding hydrogens is 381 g/mol. The van der Waals surface area contributed by atoms with Crippen LogP contribution in [0.25, 0.3) is 0 Å². The molecular formula is C19H28ClF3N2O2. The molecule has 0 spiro atoms. The van der Waals surface area contributed by atoms with E-state index < -0.39 is 6.36 Å². The van der Waals surface area contributed by atoms with E-state index in [1.807, 2.05) is 0 Å². The van der Waals surface area contributed by atoms with Gasteiger partial charge in [0.1, 0.15) is 11.5 Å². The summed E-state index contributed by atoms with van der Waals surface area (Å²) in [4.78, 5) is 2.45. The van der Waals surface area contributed by atoms with E-state index in [2.05, 4.69) is 15.0 Å². The Kier molecular flexibility index (Phi) is 8.06. The van der Waals surface area contributed by atoms with E-state index in [-0.39, 0.29) is 24.2 Å². The molecule has 1 atom stereocenters. The molecule has 0 aromatic heterocycles. The van der Waals surface area contributed by atoms with Crippen LogP contribution in [-0.4, -0.2) is 44.6 Å². The van der Waals surface area contributed by atoms with Crippen molar-refractivity contribution in [1.29, 1.82) is 0 Å². The number of ether oxygens (including phenoxy) is 2. The van der Waals surface area contributed by atoms with E-state index in [9.17, 15) is 13.2 Å². The molecule has 0 radical (unpaired) electrons. The third kappa shape index (κ3) is 5.90. The van der Waals surface area contributed by atoms with Gasteiger partial charge in [-0.25, -0.2) is 0 Å². The first-order valence-corrected chi connectivity index (χ1v) is 9.36. The van der Waals surface area contributed by atoms with E-state index in [1.165, 1.54) is 38.5 Å². The second-order valence-electron chi connectivity index (χ2n) is 7.08. The van der Waals surface area contributed by atoms with Crippen molar-refractivity contribution in [2.75, 3.05) is 33.3 Å². The molecule has 1 aromatic rings. The lowest BCUT2D eigenvalue weighted by Gasteiger charge is -2.41. The van der Waals surface area contributed by atoms with Crippen molar-refractivity contribution < 1.29 is 22.6 Å². The molecule has 1 heterocycles. The summed E-state index contributed by atoms with van der Waals surface area (Å²) in [6.07, 6.45) is 1.29. The fourth-order valence-electron chi connectivity index (χ4n) is 4.29. The quantitative estimate of drug-likeness (QED) is 0.775. The van der Waals surface area contributed by atoms with Gasteiger partial charge in [-0.15, -0.1) is 25.6 Å². The first-order chi connectivity index (χ1) is 12.5. The van der Waals surface area contributed by atoms with Crippen molar-refractivity contribution in [1.82, 2.24) is 10.2 Å². The number of nitrogens with zero attached hydrogens (tertiary/aromatic N) is 1. The van der Waals surface area contributed by atoms with Crippen LogP contribution < -0.4 is 14.8 Å². The van der Waals surface area contributed by atoms with E-state index in [1.54, 1.807) is 6.07 Å². The Bertz CT molecular complexity index is 571. The molecule has 1 saturated carbocycles. The van der Waals surface area contributed by atoms with Gasteiger partial charge in [-0.05, 0) is 24.8 Å². The predicted octanol–water partition coefficient (Wildman–Crippen LogP) is 4.54. The third-order valence-corrected chi connectivity index (χ3v) is 5.40. The van der Waals surface area contributed by atoms with Crippen LogP contribution in [0.2, 0.25) is 0 Å². The fraction of sp³-hybridized carbons (Fsp3) is 0.684. The molecule has 1 aliphatic carbocycles. The summed E-state index contributed by atoms with van der Waals surface area (Å²) in [6, 6.07) is 4.69. The van der Waals surface area contributed by atoms with Crippen molar-refractivity contribution in [2.24, 2.45) is 5.92 Å². The predicted molar refractivity (Wildman–Crippen MR) is 101 cm³/mol. The summed E-state index contributed by atoms with van der Waals surface area (Å²) in [5.74, 6) is 0.742. The van der Waals surface area contributed by atoms with Gasteiger partial charge in [0.25, 0.3) is 0 Å². The van der Waals surface area contributed by atoms with Crippen LogP contribution in [0.3, 0.4) is 0 Å². The van der Waals surface area contributed by atoms with E-state index in [0.29, 0.717) is 11.7 Å². The van der Waals surface area contributed by atoms with Crippen LogP contribution in [0.15, 0.2) is 18.2 Å². The molecule has 0 unspecified atom stereocenters. The zero-order valence-corrected chi connectivity index (χ0v) is 16.4. The number of alkyl halides is 3. The average Bonchev–Trinajstić information content (AvgIpc) is 2.63. The van der Waals surface area contributed by atoms with Gasteiger partial charge < -0.3 is 14.8 Å². The van der Waals surface area contributed by atoms with Gasteiger partial charge >= 0.3 is 6.36 Å². The minimum atomic E-state index is -4.70. The van der Waals surface area contributed by atoms with Gasteiger partial charge in [-0.2, -0.15) is 0 Å². The van der Waals surface area contributed by atoms with Crippen molar-refractivity contribution >= 4 is 12.4 Å². The van der Waals surface area contributed by atoms with Crippen molar-refractivity contribution in [3.63, 3.8) is 0 Å². The Labute approximate surface area is 164 Å². The topological polar surface area (TPSA) is 33.7 Å². The maximum absolute atomic E-state index is 12.5. The number of rotatable bonds is 5. The Morgan fingerprint density at radius 3 is 2.37 bits per heavy atom. The molecule has 27 heavy (non-hydrogen) atoms. The van der Waals surface area contributed by atoms with Crippen LogP contribution in [0.4, 0.5) is 13.2 Å². The van der Waals surface area contributed by atoms with Crippen molar-refractivity contribution in [3.05, 3.63) is 23.8 Å². The Morgan fingerprint density at radius 1 is 1.11 bits per heavy atom. The SMILES string of the molecule is COc1cc(OC(F)(F)F)ccc1[C@H](C1CCCCC1)N1CCNCC1.Cl. The highest BCUT2D eigenvalue weighted by molar-refractivity contribution is 5.85. The molecule has 3 rings (SSSR count). The highest BCUT2D eigenvalue weighted by Gasteiger charge is 2.34. The number of hydrogen-bond donors (Lipinski definition) is 1. The Hall–Kier alpha value is -1.18. The smallest absolute Gasteiger partial charge is 0.496 e. The normalized spacial score (nSPS) is 20.6. The van der Waals surface area contributed by atoms with Crippen LogP contribution in [0, 0.1) is 5.92 Å². The highest BCUT2D eigenvalue weighted by Crippen LogP contribution is 2.43. The van der Waals surface area contributed by atoms with Gasteiger partial charge in [-0.3, -0.25) is 4.90 Å². The average molecular weight is 409 g/mol. The first kappa shape index (κ1) is 22.1. The molecule has 1 aromatic carbocycles. The lowest BCUT2D eigenvalue weighted by molar-refractivity contribution is -0.274. The van der Waals surface area contributed by atoms with E-state index in [0.717, 1.165) is 44.6 Å². The number of halogens is 4. The minimum Gasteiger partial charge on any atom is -0.496 e. The van der Waals surface area contributed by atoms with Crippen molar-refractivity contribution in [2.45, 2.75) is 44.5 Å². The lowest BCUT2D eigenvalue weighted by Crippen LogP contribution is -2.47. The van der Waals surface area contributed by atoms with Gasteiger partial charge in [0.15, 0.2) is 0 Å². The number of piperazine rings is 1. The molecule has 0 bridgehead atoms. The lowest BCUT2D eigenvalue weighted by atomic mass is 9.80. The summed E-state index contributed by atoms with van der Waals surface area (Å²) < 4.78 is 47.2. The molecule has 1 saturated heterocycles. The zero-order valence-electron chi connectivity index (χ0n) is 15.6. The summed E-state index contributed by atoms with van der Waals surface area (Å²) in [5.41, 5.74) is 0.968. The van der Waals surface area contributed by atoms with E-state index >= 15 is 0 Å². The van der Waals surface area contributed by atoms with Crippen LogP contribution in [-0.2, 0) is 0 Å². The van der Waals surface area contributed by atoms with E-state index in [4.69, 9.17) is 4.74 Å². The molecule has 0 amide bonds. The Balaban J connectivity index is 0.00000261. The van der Waals surface area contributed by atoms with Gasteiger partial charge in [0.05, 0.1) is 7.11 Å². The molecule has 2 fully saturated rings. The second kappa shape index (κ2) is 9.85. The summed E-state index contributed by atoms with van der Waals surface area (Å²) in [7, 11) is 1.51. The standard InChI is InChI=1S/C19H27F3N2O2.ClH/c1-25-17-13-15(26-19(20,21)22)7-8-16(17)18(14-5-3-2-4-6-14)24-11-9-23-10-12-24;/h7-8,13-14,18,23H,2-6,9-12H2,1H3;1H/t18-;/m0./s1.